The standard InChI is InChI=1S/C8H9BrN2O3/c1-11(14-2)8(13)7-6(12)3-5(9)4-10-7/h3-4,12H,1-2H3. The fourth-order valence-corrected chi connectivity index (χ4v) is 1.14. The Hall–Kier alpha value is -1.14. The number of halogens is 1. The van der Waals surface area contributed by atoms with Crippen LogP contribution in [0.1, 0.15) is 10.5 Å². The maximum absolute atomic E-state index is 11.5. The number of hydrogen-bond acceptors (Lipinski definition) is 4. The highest BCUT2D eigenvalue weighted by molar-refractivity contribution is 9.10. The highest BCUT2D eigenvalue weighted by Gasteiger charge is 2.17. The zero-order valence-corrected chi connectivity index (χ0v) is 9.28. The summed E-state index contributed by atoms with van der Waals surface area (Å²) in [6.07, 6.45) is 1.43. The first-order chi connectivity index (χ1) is 6.56. The summed E-state index contributed by atoms with van der Waals surface area (Å²) in [4.78, 5) is 19.9. The molecule has 0 aliphatic heterocycles. The van der Waals surface area contributed by atoms with Gasteiger partial charge in [0.05, 0.1) is 7.11 Å². The monoisotopic (exact) mass is 260 g/mol. The highest BCUT2D eigenvalue weighted by Crippen LogP contribution is 2.20. The van der Waals surface area contributed by atoms with Crippen molar-refractivity contribution >= 4 is 21.8 Å². The van der Waals surface area contributed by atoms with Gasteiger partial charge in [-0.1, -0.05) is 0 Å². The SMILES string of the molecule is CON(C)C(=O)c1ncc(Br)cc1O. The van der Waals surface area contributed by atoms with Gasteiger partial charge in [-0.3, -0.25) is 9.63 Å². The first-order valence-electron chi connectivity index (χ1n) is 3.73. The highest BCUT2D eigenvalue weighted by atomic mass is 79.9. The van der Waals surface area contributed by atoms with Crippen molar-refractivity contribution in [2.75, 3.05) is 14.2 Å². The largest absolute Gasteiger partial charge is 0.505 e. The quantitative estimate of drug-likeness (QED) is 0.812. The number of rotatable bonds is 2. The third-order valence-electron chi connectivity index (χ3n) is 1.60. The molecule has 1 amide bonds. The Labute approximate surface area is 89.4 Å². The van der Waals surface area contributed by atoms with Gasteiger partial charge in [0.1, 0.15) is 5.75 Å². The van der Waals surface area contributed by atoms with E-state index >= 15 is 0 Å². The number of hydroxylamine groups is 2. The maximum Gasteiger partial charge on any atom is 0.299 e. The fourth-order valence-electron chi connectivity index (χ4n) is 0.825. The minimum Gasteiger partial charge on any atom is -0.505 e. The lowest BCUT2D eigenvalue weighted by Gasteiger charge is -2.13. The zero-order chi connectivity index (χ0) is 10.7. The van der Waals surface area contributed by atoms with Crippen molar-refractivity contribution in [1.29, 1.82) is 0 Å². The number of carbonyl (C=O) groups excluding carboxylic acids is 1. The summed E-state index contributed by atoms with van der Waals surface area (Å²) >= 11 is 3.12. The van der Waals surface area contributed by atoms with Gasteiger partial charge in [-0.25, -0.2) is 10.0 Å². The van der Waals surface area contributed by atoms with Crippen LogP contribution in [-0.4, -0.2) is 35.2 Å². The summed E-state index contributed by atoms with van der Waals surface area (Å²) in [7, 11) is 2.79. The maximum atomic E-state index is 11.5. The third kappa shape index (κ3) is 2.21. The second-order valence-electron chi connectivity index (χ2n) is 2.51. The van der Waals surface area contributed by atoms with Crippen molar-refractivity contribution in [3.8, 4) is 5.75 Å². The first kappa shape index (κ1) is 10.9. The molecule has 1 heterocycles. The minimum atomic E-state index is -0.502. The summed E-state index contributed by atoms with van der Waals surface area (Å²) < 4.78 is 0.603. The van der Waals surface area contributed by atoms with Crippen LogP contribution in [0.3, 0.4) is 0 Å². The number of amides is 1. The molecule has 0 saturated heterocycles. The Morgan fingerprint density at radius 2 is 2.36 bits per heavy atom. The molecule has 0 aliphatic rings. The van der Waals surface area contributed by atoms with E-state index in [0.717, 1.165) is 5.06 Å². The average molecular weight is 261 g/mol. The van der Waals surface area contributed by atoms with Gasteiger partial charge in [-0.15, -0.1) is 0 Å². The number of carbonyl (C=O) groups is 1. The second kappa shape index (κ2) is 4.39. The molecule has 0 aromatic carbocycles. The summed E-state index contributed by atoms with van der Waals surface area (Å²) in [5.74, 6) is -0.689. The van der Waals surface area contributed by atoms with E-state index in [1.165, 1.54) is 26.4 Å². The molecule has 5 nitrogen and oxygen atoms in total. The molecule has 0 fully saturated rings. The van der Waals surface area contributed by atoms with E-state index in [1.807, 2.05) is 0 Å². The van der Waals surface area contributed by atoms with E-state index < -0.39 is 5.91 Å². The number of aromatic nitrogens is 1. The van der Waals surface area contributed by atoms with Gasteiger partial charge < -0.3 is 5.11 Å². The van der Waals surface area contributed by atoms with E-state index in [9.17, 15) is 9.90 Å². The molecule has 1 aromatic rings. The molecule has 0 saturated carbocycles. The molecule has 1 rings (SSSR count). The molecule has 0 unspecified atom stereocenters. The minimum absolute atomic E-state index is 0.0439. The van der Waals surface area contributed by atoms with Crippen LogP contribution in [0, 0.1) is 0 Å². The summed E-state index contributed by atoms with van der Waals surface area (Å²) in [5, 5.41) is 10.4. The van der Waals surface area contributed by atoms with Crippen LogP contribution >= 0.6 is 15.9 Å². The van der Waals surface area contributed by atoms with Crippen molar-refractivity contribution in [3.63, 3.8) is 0 Å². The predicted octanol–water partition coefficient (Wildman–Crippen LogP) is 1.18. The summed E-state index contributed by atoms with van der Waals surface area (Å²) in [5.41, 5.74) is -0.0439. The van der Waals surface area contributed by atoms with E-state index in [1.54, 1.807) is 0 Å². The van der Waals surface area contributed by atoms with Crippen LogP contribution < -0.4 is 0 Å². The first-order valence-corrected chi connectivity index (χ1v) is 4.52. The Morgan fingerprint density at radius 1 is 1.71 bits per heavy atom. The van der Waals surface area contributed by atoms with Gasteiger partial charge in [0.25, 0.3) is 5.91 Å². The van der Waals surface area contributed by atoms with Crippen molar-refractivity contribution in [1.82, 2.24) is 10.0 Å². The smallest absolute Gasteiger partial charge is 0.299 e. The number of aromatic hydroxyl groups is 1. The van der Waals surface area contributed by atoms with Crippen LogP contribution in [0.2, 0.25) is 0 Å². The van der Waals surface area contributed by atoms with Crippen LogP contribution in [-0.2, 0) is 4.84 Å². The van der Waals surface area contributed by atoms with Gasteiger partial charge >= 0.3 is 0 Å². The lowest BCUT2D eigenvalue weighted by Crippen LogP contribution is -2.26. The normalized spacial score (nSPS) is 9.93. The van der Waals surface area contributed by atoms with Crippen LogP contribution in [0.5, 0.6) is 5.75 Å². The average Bonchev–Trinajstić information content (AvgIpc) is 2.15. The van der Waals surface area contributed by atoms with Gasteiger partial charge in [-0.05, 0) is 22.0 Å². The predicted molar refractivity (Wildman–Crippen MR) is 52.7 cm³/mol. The molecule has 14 heavy (non-hydrogen) atoms. The molecule has 0 bridgehead atoms. The molecule has 0 atom stereocenters. The topological polar surface area (TPSA) is 62.7 Å². The molecule has 0 aliphatic carbocycles. The number of hydrogen-bond donors (Lipinski definition) is 1. The Bertz CT molecular complexity index is 356. The zero-order valence-electron chi connectivity index (χ0n) is 7.69. The van der Waals surface area contributed by atoms with E-state index in [-0.39, 0.29) is 11.4 Å². The van der Waals surface area contributed by atoms with Gasteiger partial charge in [0.15, 0.2) is 5.69 Å². The summed E-state index contributed by atoms with van der Waals surface area (Å²) in [6, 6.07) is 1.39. The molecule has 76 valence electrons. The van der Waals surface area contributed by atoms with Crippen LogP contribution in [0.25, 0.3) is 0 Å². The molecular formula is C8H9BrN2O3. The Kier molecular flexibility index (Phi) is 3.43. The van der Waals surface area contributed by atoms with E-state index in [0.29, 0.717) is 4.47 Å². The second-order valence-corrected chi connectivity index (χ2v) is 3.42. The number of nitrogens with zero attached hydrogens (tertiary/aromatic N) is 2. The molecule has 1 aromatic heterocycles. The van der Waals surface area contributed by atoms with Crippen molar-refractivity contribution < 1.29 is 14.7 Å². The van der Waals surface area contributed by atoms with E-state index in [2.05, 4.69) is 25.8 Å². The molecule has 1 N–H and O–H groups in total. The number of pyridine rings is 1. The summed E-state index contributed by atoms with van der Waals surface area (Å²) in [6.45, 7) is 0. The van der Waals surface area contributed by atoms with Crippen LogP contribution in [0.15, 0.2) is 16.7 Å². The van der Waals surface area contributed by atoms with Gasteiger partial charge in [0.2, 0.25) is 0 Å². The van der Waals surface area contributed by atoms with Crippen LogP contribution in [0.4, 0.5) is 0 Å². The molecule has 0 spiro atoms. The lowest BCUT2D eigenvalue weighted by atomic mass is 10.3. The van der Waals surface area contributed by atoms with Crippen molar-refractivity contribution in [2.45, 2.75) is 0 Å². The van der Waals surface area contributed by atoms with Gasteiger partial charge in [0, 0.05) is 17.7 Å². The Morgan fingerprint density at radius 3 is 2.86 bits per heavy atom. The molecule has 6 heteroatoms. The Balaban J connectivity index is 3.02. The van der Waals surface area contributed by atoms with Crippen molar-refractivity contribution in [2.24, 2.45) is 0 Å². The lowest BCUT2D eigenvalue weighted by molar-refractivity contribution is -0.0762. The van der Waals surface area contributed by atoms with Crippen molar-refractivity contribution in [3.05, 3.63) is 22.4 Å². The molecule has 0 radical (unpaired) electrons. The fraction of sp³-hybridized carbons (Fsp3) is 0.250. The van der Waals surface area contributed by atoms with Gasteiger partial charge in [-0.2, -0.15) is 0 Å². The van der Waals surface area contributed by atoms with E-state index in [4.69, 9.17) is 0 Å². The molecular weight excluding hydrogens is 252 g/mol. The third-order valence-corrected chi connectivity index (χ3v) is 2.03.